The lowest BCUT2D eigenvalue weighted by Gasteiger charge is -2.40. The smallest absolute Gasteiger partial charge is 0.335 e. The number of hydrogen-bond donors (Lipinski definition) is 3. The molecule has 6 unspecified atom stereocenters. The van der Waals surface area contributed by atoms with Crippen molar-refractivity contribution < 1.29 is 58.2 Å². The van der Waals surface area contributed by atoms with E-state index in [1.54, 1.807) is 0 Å². The second-order valence-corrected chi connectivity index (χ2v) is 22.4. The number of ether oxygens (including phenoxy) is 5. The predicted molar refractivity (Wildman–Crippen MR) is 340 cm³/mol. The number of aliphatic carboxylic acids is 1. The molecule has 0 aromatic heterocycles. The first-order valence-electron chi connectivity index (χ1n) is 33.2. The van der Waals surface area contributed by atoms with Crippen molar-refractivity contribution in [2.45, 2.75) is 314 Å². The van der Waals surface area contributed by atoms with Crippen LogP contribution in [0.3, 0.4) is 0 Å². The van der Waals surface area contributed by atoms with Crippen molar-refractivity contribution in [2.24, 2.45) is 0 Å². The van der Waals surface area contributed by atoms with E-state index in [4.69, 9.17) is 23.7 Å². The third-order valence-corrected chi connectivity index (χ3v) is 14.6. The average molecular weight is 1160 g/mol. The van der Waals surface area contributed by atoms with E-state index in [0.717, 1.165) is 116 Å². The molecule has 0 saturated carbocycles. The van der Waals surface area contributed by atoms with Gasteiger partial charge in [-0.25, -0.2) is 4.79 Å². The number of unbranched alkanes of at least 4 members (excludes halogenated alkanes) is 26. The minimum atomic E-state index is -1.92. The zero-order valence-electron chi connectivity index (χ0n) is 52.4. The van der Waals surface area contributed by atoms with Crippen LogP contribution in [0, 0.1) is 0 Å². The monoisotopic (exact) mass is 1160 g/mol. The topological polar surface area (TPSA) is 175 Å². The molecule has 1 aliphatic heterocycles. The highest BCUT2D eigenvalue weighted by atomic mass is 16.7. The first-order valence-corrected chi connectivity index (χ1v) is 33.2. The summed E-state index contributed by atoms with van der Waals surface area (Å²) in [6, 6.07) is 0. The molecule has 1 saturated heterocycles. The fraction of sp³-hybridized carbons (Fsp3) is 0.718. The van der Waals surface area contributed by atoms with E-state index < -0.39 is 67.3 Å². The Morgan fingerprint density at radius 1 is 0.410 bits per heavy atom. The molecule has 12 nitrogen and oxygen atoms in total. The molecule has 0 amide bonds. The molecule has 0 radical (unpaired) electrons. The molecule has 1 heterocycles. The molecular weight excluding hydrogens is 1040 g/mol. The number of allylic oxidation sites excluding steroid dienone is 16. The van der Waals surface area contributed by atoms with E-state index >= 15 is 0 Å². The Bertz CT molecular complexity index is 1810. The van der Waals surface area contributed by atoms with Crippen molar-refractivity contribution in [3.8, 4) is 0 Å². The number of aliphatic hydroxyl groups excluding tert-OH is 2. The molecule has 3 N–H and O–H groups in total. The van der Waals surface area contributed by atoms with E-state index in [1.807, 2.05) is 0 Å². The van der Waals surface area contributed by atoms with E-state index in [1.165, 1.54) is 103 Å². The highest BCUT2D eigenvalue weighted by molar-refractivity contribution is 5.74. The Labute approximate surface area is 504 Å². The first-order chi connectivity index (χ1) is 40.6. The van der Waals surface area contributed by atoms with Crippen molar-refractivity contribution in [1.29, 1.82) is 0 Å². The summed E-state index contributed by atoms with van der Waals surface area (Å²) in [5.41, 5.74) is 0. The van der Waals surface area contributed by atoms with Gasteiger partial charge in [-0.2, -0.15) is 0 Å². The summed E-state index contributed by atoms with van der Waals surface area (Å²) in [5.74, 6) is -3.19. The normalized spacial score (nSPS) is 18.2. The third kappa shape index (κ3) is 47.6. The van der Waals surface area contributed by atoms with E-state index in [2.05, 4.69) is 118 Å². The van der Waals surface area contributed by atoms with Gasteiger partial charge in [-0.05, 0) is 122 Å². The first kappa shape index (κ1) is 76.7. The Morgan fingerprint density at radius 3 is 1.22 bits per heavy atom. The van der Waals surface area contributed by atoms with Crippen LogP contribution in [0.1, 0.15) is 278 Å². The number of carbonyl (C=O) groups is 4. The van der Waals surface area contributed by atoms with Crippen LogP contribution < -0.4 is 0 Å². The SMILES string of the molecule is CC/C=C\C/C=C\C/C=C\C/C=C\CCCCC(=O)OC(COC(=O)CCCCCCCCCCC/C=C\CCCCCCCC)COC1OC(C(=O)O)C(O)C(O)C1OC(=O)CCCCCCCC/C=C\C/C=C\C/C=C\CCCCC. The van der Waals surface area contributed by atoms with Crippen molar-refractivity contribution in [2.75, 3.05) is 13.2 Å². The number of esters is 3. The van der Waals surface area contributed by atoms with E-state index in [-0.39, 0.29) is 25.9 Å². The maximum absolute atomic E-state index is 13.2. The second-order valence-electron chi connectivity index (χ2n) is 22.4. The number of carboxylic acid groups (broad SMARTS) is 1. The quantitative estimate of drug-likeness (QED) is 0.0228. The predicted octanol–water partition coefficient (Wildman–Crippen LogP) is 18.0. The molecule has 12 heteroatoms. The zero-order chi connectivity index (χ0) is 60.3. The molecule has 0 aromatic rings. The number of carboxylic acids is 1. The molecule has 83 heavy (non-hydrogen) atoms. The molecule has 0 aliphatic carbocycles. The number of hydrogen-bond acceptors (Lipinski definition) is 11. The Morgan fingerprint density at radius 2 is 0.759 bits per heavy atom. The van der Waals surface area contributed by atoms with Gasteiger partial charge in [0.1, 0.15) is 18.8 Å². The van der Waals surface area contributed by atoms with Crippen LogP contribution in [-0.2, 0) is 42.9 Å². The number of carbonyl (C=O) groups excluding carboxylic acids is 3. The fourth-order valence-electron chi connectivity index (χ4n) is 9.54. The summed E-state index contributed by atoms with van der Waals surface area (Å²) in [5, 5.41) is 31.6. The van der Waals surface area contributed by atoms with Crippen LogP contribution in [0.5, 0.6) is 0 Å². The van der Waals surface area contributed by atoms with Gasteiger partial charge >= 0.3 is 23.9 Å². The Kier molecular flexibility index (Phi) is 53.6. The average Bonchev–Trinajstić information content (AvgIpc) is 3.60. The van der Waals surface area contributed by atoms with Crippen LogP contribution in [0.15, 0.2) is 97.2 Å². The third-order valence-electron chi connectivity index (χ3n) is 14.6. The molecule has 1 aliphatic rings. The van der Waals surface area contributed by atoms with Crippen molar-refractivity contribution >= 4 is 23.9 Å². The van der Waals surface area contributed by atoms with Gasteiger partial charge in [-0.3, -0.25) is 14.4 Å². The standard InChI is InChI=1S/C71H118O12/c1-4-7-10-13-16-19-22-25-28-30-32-34-37-39-42-45-48-51-54-57-63(72)79-60-62(81-64(73)58-55-52-49-46-43-40-36-27-24-21-18-15-12-9-6-3)61-80-71-69(67(76)66(75)68(83-71)70(77)78)82-65(74)59-56-53-50-47-44-41-38-35-33-31-29-26-23-20-17-14-11-8-5-2/h9,12,17-18,20-21,25-29,33,35-36,43,46,62,66-69,71,75-76H,4-8,10-11,13-16,19,22-24,30-32,34,37-42,44-45,47-61H2,1-3H3,(H,77,78)/b12-9-,20-17-,21-18-,28-25-,29-26-,35-33-,36-27-,46-43-. The molecule has 0 bridgehead atoms. The van der Waals surface area contributed by atoms with Gasteiger partial charge < -0.3 is 39.0 Å². The lowest BCUT2D eigenvalue weighted by Crippen LogP contribution is -2.61. The summed E-state index contributed by atoms with van der Waals surface area (Å²) in [6.07, 6.45) is 65.1. The van der Waals surface area contributed by atoms with Gasteiger partial charge in [0.2, 0.25) is 0 Å². The van der Waals surface area contributed by atoms with Crippen LogP contribution >= 0.6 is 0 Å². The summed E-state index contributed by atoms with van der Waals surface area (Å²) >= 11 is 0. The van der Waals surface area contributed by atoms with Crippen LogP contribution in [-0.4, -0.2) is 89.2 Å². The van der Waals surface area contributed by atoms with Gasteiger partial charge in [0.05, 0.1) is 6.61 Å². The van der Waals surface area contributed by atoms with Gasteiger partial charge in [-0.15, -0.1) is 0 Å². The lowest BCUT2D eigenvalue weighted by atomic mass is 9.98. The summed E-state index contributed by atoms with van der Waals surface area (Å²) < 4.78 is 28.5. The lowest BCUT2D eigenvalue weighted by molar-refractivity contribution is -0.301. The van der Waals surface area contributed by atoms with Crippen LogP contribution in [0.2, 0.25) is 0 Å². The molecule has 0 spiro atoms. The fourth-order valence-corrected chi connectivity index (χ4v) is 9.54. The Hall–Kier alpha value is -4.36. The van der Waals surface area contributed by atoms with Crippen molar-refractivity contribution in [3.63, 3.8) is 0 Å². The minimum absolute atomic E-state index is 0.0372. The minimum Gasteiger partial charge on any atom is -0.479 e. The van der Waals surface area contributed by atoms with Gasteiger partial charge in [0.25, 0.3) is 0 Å². The highest BCUT2D eigenvalue weighted by Crippen LogP contribution is 2.26. The maximum Gasteiger partial charge on any atom is 0.335 e. The molecule has 474 valence electrons. The molecule has 1 rings (SSSR count). The number of aliphatic hydroxyl groups is 2. The van der Waals surface area contributed by atoms with Crippen molar-refractivity contribution in [3.05, 3.63) is 97.2 Å². The zero-order valence-corrected chi connectivity index (χ0v) is 52.4. The Balaban J connectivity index is 2.67. The summed E-state index contributed by atoms with van der Waals surface area (Å²) in [7, 11) is 0. The maximum atomic E-state index is 13.2. The van der Waals surface area contributed by atoms with Gasteiger partial charge in [0, 0.05) is 19.3 Å². The van der Waals surface area contributed by atoms with Gasteiger partial charge in [-0.1, -0.05) is 234 Å². The largest absolute Gasteiger partial charge is 0.479 e. The van der Waals surface area contributed by atoms with E-state index in [0.29, 0.717) is 19.3 Å². The van der Waals surface area contributed by atoms with Gasteiger partial charge in [0.15, 0.2) is 24.6 Å². The number of rotatable bonds is 56. The second kappa shape index (κ2) is 58.0. The summed E-state index contributed by atoms with van der Waals surface area (Å²) in [4.78, 5) is 51.4. The highest BCUT2D eigenvalue weighted by Gasteiger charge is 2.50. The van der Waals surface area contributed by atoms with Crippen LogP contribution in [0.25, 0.3) is 0 Å². The summed E-state index contributed by atoms with van der Waals surface area (Å²) in [6.45, 7) is 5.83. The molecule has 0 aromatic carbocycles. The molecule has 1 fully saturated rings. The molecular formula is C71H118O12. The van der Waals surface area contributed by atoms with Crippen molar-refractivity contribution in [1.82, 2.24) is 0 Å². The van der Waals surface area contributed by atoms with Crippen LogP contribution in [0.4, 0.5) is 0 Å². The molecule has 6 atom stereocenters. The van der Waals surface area contributed by atoms with E-state index in [9.17, 15) is 34.5 Å².